The Bertz CT molecular complexity index is 1600. The highest BCUT2D eigenvalue weighted by Gasteiger charge is 2.42. The lowest BCUT2D eigenvalue weighted by Gasteiger charge is -2.32. The topological polar surface area (TPSA) is 123 Å². The van der Waals surface area contributed by atoms with Crippen LogP contribution in [0.1, 0.15) is 48.1 Å². The van der Waals surface area contributed by atoms with Crippen molar-refractivity contribution in [3.05, 3.63) is 69.8 Å². The van der Waals surface area contributed by atoms with Crippen molar-refractivity contribution in [2.45, 2.75) is 37.8 Å². The van der Waals surface area contributed by atoms with Gasteiger partial charge in [0.05, 0.1) is 46.7 Å². The first kappa shape index (κ1) is 27.3. The van der Waals surface area contributed by atoms with Crippen LogP contribution in [0, 0.1) is 11.6 Å². The highest BCUT2D eigenvalue weighted by Crippen LogP contribution is 2.38. The molecule has 13 heteroatoms. The van der Waals surface area contributed by atoms with E-state index in [0.29, 0.717) is 18.5 Å². The summed E-state index contributed by atoms with van der Waals surface area (Å²) in [4.78, 5) is 31.1. The number of carbonyl (C=O) groups is 1. The summed E-state index contributed by atoms with van der Waals surface area (Å²) in [5.41, 5.74) is -1.99. The Labute approximate surface area is 224 Å². The molecule has 2 saturated heterocycles. The molecule has 0 aliphatic carbocycles. The van der Waals surface area contributed by atoms with Crippen LogP contribution in [0.2, 0.25) is 0 Å². The largest absolute Gasteiger partial charge is 0.373 e. The zero-order chi connectivity index (χ0) is 27.9. The van der Waals surface area contributed by atoms with E-state index < -0.39 is 38.9 Å². The number of carbonyl (C=O) groups excluding carboxylic acids is 1. The van der Waals surface area contributed by atoms with Gasteiger partial charge < -0.3 is 10.1 Å². The van der Waals surface area contributed by atoms with Crippen LogP contribution in [0.25, 0.3) is 10.9 Å². The Morgan fingerprint density at radius 3 is 2.72 bits per heavy atom. The SMILES string of the molecule is CCN(C)S(=O)(=O)Nc1ccc(F)c(C(=O)c2ccc3ncn([C@H]4COC5(CCNCC5)C4)c(=O)c3c2)c1F. The van der Waals surface area contributed by atoms with E-state index >= 15 is 4.39 Å². The second-order valence-corrected chi connectivity index (χ2v) is 11.7. The molecule has 2 aromatic carbocycles. The smallest absolute Gasteiger partial charge is 0.301 e. The number of rotatable bonds is 7. The van der Waals surface area contributed by atoms with E-state index in [4.69, 9.17) is 4.74 Å². The van der Waals surface area contributed by atoms with Gasteiger partial charge in [-0.3, -0.25) is 18.9 Å². The van der Waals surface area contributed by atoms with Crippen LogP contribution >= 0.6 is 0 Å². The Hall–Kier alpha value is -3.26. The summed E-state index contributed by atoms with van der Waals surface area (Å²) < 4.78 is 65.3. The normalized spacial score (nSPS) is 19.2. The van der Waals surface area contributed by atoms with Crippen LogP contribution in [-0.2, 0) is 14.9 Å². The molecule has 2 aliphatic heterocycles. The van der Waals surface area contributed by atoms with Crippen molar-refractivity contribution < 1.29 is 26.7 Å². The second kappa shape index (κ2) is 10.4. The summed E-state index contributed by atoms with van der Waals surface area (Å²) in [5, 5.41) is 3.43. The number of piperidine rings is 1. The van der Waals surface area contributed by atoms with Gasteiger partial charge in [-0.2, -0.15) is 12.7 Å². The fourth-order valence-electron chi connectivity index (χ4n) is 5.14. The van der Waals surface area contributed by atoms with E-state index in [-0.39, 0.29) is 34.7 Å². The van der Waals surface area contributed by atoms with Crippen LogP contribution in [0.3, 0.4) is 0 Å². The Balaban J connectivity index is 1.48. The third-order valence-electron chi connectivity index (χ3n) is 7.56. The number of ether oxygens (including phenoxy) is 1. The fourth-order valence-corrected chi connectivity index (χ4v) is 6.07. The van der Waals surface area contributed by atoms with Crippen molar-refractivity contribution in [1.29, 1.82) is 0 Å². The molecule has 1 aromatic heterocycles. The molecule has 208 valence electrons. The first-order valence-electron chi connectivity index (χ1n) is 12.7. The van der Waals surface area contributed by atoms with Crippen molar-refractivity contribution >= 4 is 32.6 Å². The van der Waals surface area contributed by atoms with Crippen molar-refractivity contribution in [3.63, 3.8) is 0 Å². The van der Waals surface area contributed by atoms with Gasteiger partial charge in [-0.25, -0.2) is 13.8 Å². The molecule has 2 fully saturated rings. The molecule has 10 nitrogen and oxygen atoms in total. The van der Waals surface area contributed by atoms with Gasteiger partial charge in [0.15, 0.2) is 11.6 Å². The number of ketones is 1. The van der Waals surface area contributed by atoms with E-state index in [2.05, 4.69) is 10.3 Å². The molecule has 0 radical (unpaired) electrons. The quantitative estimate of drug-likeness (QED) is 0.425. The Kier molecular flexibility index (Phi) is 7.27. The van der Waals surface area contributed by atoms with Gasteiger partial charge in [-0.15, -0.1) is 0 Å². The molecule has 3 aromatic rings. The lowest BCUT2D eigenvalue weighted by atomic mass is 9.88. The van der Waals surface area contributed by atoms with Gasteiger partial charge in [-0.1, -0.05) is 6.92 Å². The van der Waals surface area contributed by atoms with Crippen molar-refractivity contribution in [2.75, 3.05) is 38.0 Å². The molecule has 0 unspecified atom stereocenters. The van der Waals surface area contributed by atoms with Crippen molar-refractivity contribution in [3.8, 4) is 0 Å². The van der Waals surface area contributed by atoms with E-state index in [9.17, 15) is 22.4 Å². The van der Waals surface area contributed by atoms with Gasteiger partial charge in [0.1, 0.15) is 5.82 Å². The van der Waals surface area contributed by atoms with Gasteiger partial charge in [-0.05, 0) is 62.7 Å². The average molecular weight is 562 g/mol. The number of hydrogen-bond acceptors (Lipinski definition) is 7. The molecular weight excluding hydrogens is 532 g/mol. The third-order valence-corrected chi connectivity index (χ3v) is 9.11. The number of benzene rings is 2. The highest BCUT2D eigenvalue weighted by atomic mass is 32.2. The van der Waals surface area contributed by atoms with E-state index in [1.54, 1.807) is 6.92 Å². The number of nitrogens with zero attached hydrogens (tertiary/aromatic N) is 3. The summed E-state index contributed by atoms with van der Waals surface area (Å²) in [6.07, 6.45) is 3.81. The predicted octanol–water partition coefficient (Wildman–Crippen LogP) is 2.60. The monoisotopic (exact) mass is 561 g/mol. The average Bonchev–Trinajstić information content (AvgIpc) is 3.32. The molecule has 0 saturated carbocycles. The Morgan fingerprint density at radius 2 is 2.00 bits per heavy atom. The van der Waals surface area contributed by atoms with Gasteiger partial charge in [0, 0.05) is 19.2 Å². The first-order valence-corrected chi connectivity index (χ1v) is 14.1. The number of halogens is 2. The first-order chi connectivity index (χ1) is 18.5. The maximum atomic E-state index is 15.3. The summed E-state index contributed by atoms with van der Waals surface area (Å²) in [6.45, 7) is 3.74. The molecule has 1 atom stereocenters. The van der Waals surface area contributed by atoms with Crippen molar-refractivity contribution in [2.24, 2.45) is 0 Å². The summed E-state index contributed by atoms with van der Waals surface area (Å²) >= 11 is 0. The van der Waals surface area contributed by atoms with Crippen LogP contribution in [0.15, 0.2) is 41.5 Å². The Morgan fingerprint density at radius 1 is 1.26 bits per heavy atom. The molecule has 1 spiro atoms. The molecule has 0 amide bonds. The standard InChI is InChI=1S/C26H29F2N5O5S/c1-3-32(2)39(36,37)31-21-7-5-19(27)22(23(21)28)24(34)16-4-6-20-18(12-16)25(35)33(15-30-20)17-13-26(38-14-17)8-10-29-11-9-26/h4-7,12,15,17,29,31H,3,8-11,13-14H2,1-2H3/t17-/m1/s1. The third kappa shape index (κ3) is 5.07. The van der Waals surface area contributed by atoms with E-state index in [1.807, 2.05) is 4.72 Å². The maximum Gasteiger partial charge on any atom is 0.301 e. The van der Waals surface area contributed by atoms with Crippen LogP contribution in [-0.4, -0.2) is 66.9 Å². The molecule has 5 rings (SSSR count). The minimum atomic E-state index is -4.12. The summed E-state index contributed by atoms with van der Waals surface area (Å²) in [5.74, 6) is -3.56. The molecule has 2 aliphatic rings. The number of fused-ring (bicyclic) bond motifs is 1. The number of aromatic nitrogens is 2. The fraction of sp³-hybridized carbons (Fsp3) is 0.423. The molecular formula is C26H29F2N5O5S. The maximum absolute atomic E-state index is 15.3. The van der Waals surface area contributed by atoms with Crippen molar-refractivity contribution in [1.82, 2.24) is 19.2 Å². The highest BCUT2D eigenvalue weighted by molar-refractivity contribution is 7.90. The number of anilines is 1. The summed E-state index contributed by atoms with van der Waals surface area (Å²) in [6, 6.07) is 5.52. The predicted molar refractivity (Wildman–Crippen MR) is 141 cm³/mol. The van der Waals surface area contributed by atoms with Crippen LogP contribution in [0.4, 0.5) is 14.5 Å². The van der Waals surface area contributed by atoms with E-state index in [1.165, 1.54) is 36.1 Å². The van der Waals surface area contributed by atoms with Crippen LogP contribution < -0.4 is 15.6 Å². The minimum Gasteiger partial charge on any atom is -0.373 e. The van der Waals surface area contributed by atoms with E-state index in [0.717, 1.165) is 42.4 Å². The van der Waals surface area contributed by atoms with Gasteiger partial charge in [0.2, 0.25) is 0 Å². The molecule has 2 N–H and O–H groups in total. The van der Waals surface area contributed by atoms with Crippen LogP contribution in [0.5, 0.6) is 0 Å². The van der Waals surface area contributed by atoms with Gasteiger partial charge >= 0.3 is 10.2 Å². The zero-order valence-electron chi connectivity index (χ0n) is 21.5. The van der Waals surface area contributed by atoms with Gasteiger partial charge in [0.25, 0.3) is 5.56 Å². The summed E-state index contributed by atoms with van der Waals surface area (Å²) in [7, 11) is -2.83. The number of nitrogens with one attached hydrogen (secondary N) is 2. The minimum absolute atomic E-state index is 0.109. The molecule has 0 bridgehead atoms. The molecule has 3 heterocycles. The molecule has 39 heavy (non-hydrogen) atoms. The zero-order valence-corrected chi connectivity index (χ0v) is 22.4. The number of hydrogen-bond donors (Lipinski definition) is 2. The lowest BCUT2D eigenvalue weighted by molar-refractivity contribution is -0.0196. The second-order valence-electron chi connectivity index (χ2n) is 9.93. The lowest BCUT2D eigenvalue weighted by Crippen LogP contribution is -2.41.